The fourth-order valence-electron chi connectivity index (χ4n) is 0.979. The van der Waals surface area contributed by atoms with Crippen LogP contribution in [0.4, 0.5) is 0 Å². The van der Waals surface area contributed by atoms with Gasteiger partial charge in [0.2, 0.25) is 0 Å². The molecule has 0 aliphatic carbocycles. The number of aromatic carboxylic acids is 2. The van der Waals surface area contributed by atoms with Crippen LogP contribution in [-0.4, -0.2) is 24.9 Å². The molecule has 0 radical (unpaired) electrons. The van der Waals surface area contributed by atoms with Crippen molar-refractivity contribution in [2.24, 2.45) is 0 Å². The molecule has 0 saturated carbocycles. The molecule has 0 aliphatic rings. The van der Waals surface area contributed by atoms with Gasteiger partial charge in [-0.1, -0.05) is 0 Å². The Labute approximate surface area is 118 Å². The molecule has 0 amide bonds. The molecule has 1 aromatic rings. The topological polar surface area (TPSA) is 137 Å². The molecular weight excluding hydrogens is 263 g/mol. The van der Waals surface area contributed by atoms with E-state index in [4.69, 9.17) is 0 Å². The van der Waals surface area contributed by atoms with Crippen LogP contribution >= 0.6 is 0 Å². The number of hydrogen-bond acceptors (Lipinski definition) is 7. The Bertz CT molecular complexity index is 531. The molecule has 17 heavy (non-hydrogen) atoms. The molecule has 0 aliphatic heterocycles. The van der Waals surface area contributed by atoms with E-state index in [2.05, 4.69) is 0 Å². The monoisotopic (exact) mass is 266 g/mol. The molecule has 0 heterocycles. The average Bonchev–Trinajstić information content (AvgIpc) is 2.15. The van der Waals surface area contributed by atoms with Crippen LogP contribution in [0.15, 0.2) is 23.1 Å². The van der Waals surface area contributed by atoms with Crippen molar-refractivity contribution in [2.75, 3.05) is 0 Å². The Kier molecular flexibility index (Phi) is 5.30. The summed E-state index contributed by atoms with van der Waals surface area (Å²) in [5.41, 5.74) is -1.45. The van der Waals surface area contributed by atoms with E-state index in [0.29, 0.717) is 18.2 Å². The van der Waals surface area contributed by atoms with Crippen molar-refractivity contribution < 1.29 is 62.3 Å². The minimum atomic E-state index is -4.95. The second-order valence-electron chi connectivity index (χ2n) is 2.78. The summed E-state index contributed by atoms with van der Waals surface area (Å²) in [6.45, 7) is 0. The van der Waals surface area contributed by atoms with Gasteiger partial charge in [0.25, 0.3) is 0 Å². The van der Waals surface area contributed by atoms with Gasteiger partial charge in [-0.3, -0.25) is 0 Å². The van der Waals surface area contributed by atoms with Crippen molar-refractivity contribution in [2.45, 2.75) is 4.90 Å². The van der Waals surface area contributed by atoms with Gasteiger partial charge in [-0.15, -0.1) is 0 Å². The van der Waals surface area contributed by atoms with E-state index in [1.54, 1.807) is 0 Å². The Balaban J connectivity index is 0.00000256. The molecule has 86 valence electrons. The molecule has 1 aromatic carbocycles. The zero-order valence-electron chi connectivity index (χ0n) is 8.50. The number of benzene rings is 1. The molecule has 0 saturated heterocycles. The SMILES string of the molecule is O=C([O-])c1cc(C(=O)[O-])cc(S(=O)(=O)[O-])c1.[Na+]. The summed E-state index contributed by atoms with van der Waals surface area (Å²) in [5.74, 6) is -3.60. The second-order valence-corrected chi connectivity index (χ2v) is 4.15. The predicted molar refractivity (Wildman–Crippen MR) is 43.1 cm³/mol. The molecule has 9 heteroatoms. The average molecular weight is 266 g/mol. The van der Waals surface area contributed by atoms with E-state index >= 15 is 0 Å². The number of carbonyl (C=O) groups excluding carboxylic acids is 2. The van der Waals surface area contributed by atoms with Gasteiger partial charge in [0, 0.05) is 0 Å². The van der Waals surface area contributed by atoms with Gasteiger partial charge in [-0.05, 0) is 29.3 Å². The van der Waals surface area contributed by atoms with Gasteiger partial charge in [-0.25, -0.2) is 8.42 Å². The largest absolute Gasteiger partial charge is 1.00 e. The molecular formula is C8H3NaO7S-2. The third-order valence-electron chi connectivity index (χ3n) is 1.67. The Morgan fingerprint density at radius 1 is 0.941 bits per heavy atom. The van der Waals surface area contributed by atoms with Crippen LogP contribution in [0.3, 0.4) is 0 Å². The van der Waals surface area contributed by atoms with Crippen molar-refractivity contribution in [3.63, 3.8) is 0 Å². The van der Waals surface area contributed by atoms with E-state index in [-0.39, 0.29) is 29.6 Å². The first-order chi connectivity index (χ1) is 7.21. The van der Waals surface area contributed by atoms with Gasteiger partial charge in [0.05, 0.1) is 16.8 Å². The fourth-order valence-corrected chi connectivity index (χ4v) is 1.52. The quantitative estimate of drug-likeness (QED) is 0.392. The van der Waals surface area contributed by atoms with Crippen LogP contribution < -0.4 is 39.8 Å². The van der Waals surface area contributed by atoms with Gasteiger partial charge < -0.3 is 24.4 Å². The molecule has 7 nitrogen and oxygen atoms in total. The molecule has 0 aromatic heterocycles. The summed E-state index contributed by atoms with van der Waals surface area (Å²) in [5, 5.41) is 20.9. The maximum Gasteiger partial charge on any atom is 1.00 e. The Morgan fingerprint density at radius 2 is 1.29 bits per heavy atom. The first-order valence-corrected chi connectivity index (χ1v) is 5.16. The molecule has 1 rings (SSSR count). The van der Waals surface area contributed by atoms with Crippen LogP contribution in [0.2, 0.25) is 0 Å². The molecule has 0 spiro atoms. The minimum Gasteiger partial charge on any atom is -0.744 e. The summed E-state index contributed by atoms with van der Waals surface area (Å²) >= 11 is 0. The number of carboxylic acids is 2. The maximum atomic E-state index is 10.6. The van der Waals surface area contributed by atoms with Gasteiger partial charge in [0.1, 0.15) is 10.1 Å². The first-order valence-electron chi connectivity index (χ1n) is 3.75. The van der Waals surface area contributed by atoms with Crippen molar-refractivity contribution >= 4 is 22.1 Å². The molecule has 0 unspecified atom stereocenters. The zero-order chi connectivity index (χ0) is 12.5. The van der Waals surface area contributed by atoms with Crippen LogP contribution in [-0.2, 0) is 10.1 Å². The Morgan fingerprint density at radius 3 is 1.53 bits per heavy atom. The van der Waals surface area contributed by atoms with E-state index in [9.17, 15) is 32.8 Å². The molecule has 0 N–H and O–H groups in total. The van der Waals surface area contributed by atoms with E-state index in [1.807, 2.05) is 0 Å². The van der Waals surface area contributed by atoms with Crippen LogP contribution in [0, 0.1) is 0 Å². The number of rotatable bonds is 3. The van der Waals surface area contributed by atoms with Crippen molar-refractivity contribution in [3.8, 4) is 0 Å². The predicted octanol–water partition coefficient (Wildman–Crippen LogP) is -5.68. The molecule has 0 bridgehead atoms. The van der Waals surface area contributed by atoms with Gasteiger partial charge in [-0.2, -0.15) is 0 Å². The standard InChI is InChI=1S/C8H6O7S.Na/c9-7(10)4-1-5(8(11)12)3-6(2-4)16(13,14)15;/h1-3H,(H,9,10)(H,11,12)(H,13,14,15);/q;+1/p-3. The van der Waals surface area contributed by atoms with Crippen LogP contribution in [0.25, 0.3) is 0 Å². The maximum absolute atomic E-state index is 10.6. The third kappa shape index (κ3) is 4.10. The number of hydrogen-bond donors (Lipinski definition) is 0. The van der Waals surface area contributed by atoms with Crippen LogP contribution in [0.1, 0.15) is 20.7 Å². The summed E-state index contributed by atoms with van der Waals surface area (Å²) in [6.07, 6.45) is 0. The van der Waals surface area contributed by atoms with Crippen molar-refractivity contribution in [3.05, 3.63) is 29.3 Å². The summed E-state index contributed by atoms with van der Waals surface area (Å²) in [7, 11) is -4.95. The molecule has 0 fully saturated rings. The fraction of sp³-hybridized carbons (Fsp3) is 0. The third-order valence-corrected chi connectivity index (χ3v) is 2.48. The number of carbonyl (C=O) groups is 2. The van der Waals surface area contributed by atoms with E-state index < -0.39 is 38.1 Å². The second kappa shape index (κ2) is 5.61. The van der Waals surface area contributed by atoms with E-state index in [0.717, 1.165) is 0 Å². The minimum absolute atomic E-state index is 0. The summed E-state index contributed by atoms with van der Waals surface area (Å²) in [4.78, 5) is 19.9. The van der Waals surface area contributed by atoms with Gasteiger partial charge in [0.15, 0.2) is 0 Å². The number of carboxylic acid groups (broad SMARTS) is 2. The van der Waals surface area contributed by atoms with Crippen molar-refractivity contribution in [1.82, 2.24) is 0 Å². The smallest absolute Gasteiger partial charge is 0.744 e. The van der Waals surface area contributed by atoms with Crippen molar-refractivity contribution in [1.29, 1.82) is 0 Å². The molecule has 0 atom stereocenters. The first kappa shape index (κ1) is 16.1. The Hall–Kier alpha value is -0.930. The van der Waals surface area contributed by atoms with Gasteiger partial charge >= 0.3 is 29.6 Å². The summed E-state index contributed by atoms with van der Waals surface area (Å²) in [6, 6.07) is 1.67. The van der Waals surface area contributed by atoms with E-state index in [1.165, 1.54) is 0 Å². The summed E-state index contributed by atoms with van der Waals surface area (Å²) < 4.78 is 31.8. The normalized spacial score (nSPS) is 10.4. The zero-order valence-corrected chi connectivity index (χ0v) is 11.3. The van der Waals surface area contributed by atoms with Crippen LogP contribution in [0.5, 0.6) is 0 Å².